The summed E-state index contributed by atoms with van der Waals surface area (Å²) in [6.45, 7) is 2.45. The topological polar surface area (TPSA) is 6.48 Å². The van der Waals surface area contributed by atoms with E-state index >= 15 is 0 Å². The average molecular weight is 703 g/mol. The lowest BCUT2D eigenvalue weighted by atomic mass is 9.79. The molecule has 0 saturated heterocycles. The standard InChI is InChI=1S/C53H38N2/c1-53-33-32-39-34-40(36-14-5-2-6-15-36)35-48-46-21-12-11-20-45(46)47-22-13-23-49(51(47)52(53)50(39)48)55(53)44-30-26-38(27-31-44)37-24-28-43(29-25-37)54(41-16-7-3-8-17-41)42-18-9-4-10-19-42/h2-32,34-35H,33H2,1H3. The van der Waals surface area contributed by atoms with E-state index in [2.05, 4.69) is 217 Å². The van der Waals surface area contributed by atoms with Gasteiger partial charge in [0.2, 0.25) is 0 Å². The van der Waals surface area contributed by atoms with E-state index in [9.17, 15) is 0 Å². The van der Waals surface area contributed by atoms with E-state index in [-0.39, 0.29) is 5.54 Å². The zero-order valence-corrected chi connectivity index (χ0v) is 30.7. The molecule has 0 saturated carbocycles. The molecule has 1 atom stereocenters. The number of benzene rings is 8. The summed E-state index contributed by atoms with van der Waals surface area (Å²) in [5.41, 5.74) is 18.6. The predicted molar refractivity (Wildman–Crippen MR) is 231 cm³/mol. The Bertz CT molecular complexity index is 2840. The van der Waals surface area contributed by atoms with E-state index in [0.717, 1.165) is 23.5 Å². The molecule has 0 radical (unpaired) electrons. The van der Waals surface area contributed by atoms with Crippen LogP contribution in [0.3, 0.4) is 0 Å². The van der Waals surface area contributed by atoms with Crippen molar-refractivity contribution in [3.8, 4) is 44.5 Å². The van der Waals surface area contributed by atoms with Crippen molar-refractivity contribution < 1.29 is 0 Å². The molecule has 1 aliphatic heterocycles. The zero-order valence-electron chi connectivity index (χ0n) is 30.7. The molecule has 8 aromatic carbocycles. The van der Waals surface area contributed by atoms with Crippen LogP contribution < -0.4 is 20.2 Å². The first-order valence-electron chi connectivity index (χ1n) is 19.2. The zero-order chi connectivity index (χ0) is 36.5. The first-order valence-corrected chi connectivity index (χ1v) is 19.2. The Morgan fingerprint density at radius 3 is 1.64 bits per heavy atom. The van der Waals surface area contributed by atoms with E-state index in [4.69, 9.17) is 0 Å². The average Bonchev–Trinajstić information content (AvgIpc) is 3.45. The summed E-state index contributed by atoms with van der Waals surface area (Å²) in [5, 5.41) is 2.71. The van der Waals surface area contributed by atoms with Crippen molar-refractivity contribution >= 4 is 40.1 Å². The lowest BCUT2D eigenvalue weighted by molar-refractivity contribution is 0.618. The van der Waals surface area contributed by atoms with Crippen molar-refractivity contribution in [1.29, 1.82) is 0 Å². The van der Waals surface area contributed by atoms with Crippen molar-refractivity contribution in [3.63, 3.8) is 0 Å². The van der Waals surface area contributed by atoms with Gasteiger partial charge in [0.25, 0.3) is 0 Å². The SMILES string of the molecule is CC12CC=c3cc(-c4ccccc4)cc4c3=C1c1c(cccc1N2c1ccc(-c2ccc(N(c3ccccc3)c3ccccc3)cc2)cc1)-c1ccccc1-4. The van der Waals surface area contributed by atoms with Crippen LogP contribution in [-0.4, -0.2) is 5.54 Å². The monoisotopic (exact) mass is 702 g/mol. The van der Waals surface area contributed by atoms with Gasteiger partial charge in [-0.25, -0.2) is 0 Å². The fraction of sp³-hybridized carbons (Fsp3) is 0.0566. The third-order valence-electron chi connectivity index (χ3n) is 11.9. The van der Waals surface area contributed by atoms with E-state index in [1.54, 1.807) is 0 Å². The number of rotatable bonds is 6. The summed E-state index contributed by atoms with van der Waals surface area (Å²) in [6.07, 6.45) is 3.41. The van der Waals surface area contributed by atoms with E-state index < -0.39 is 0 Å². The fourth-order valence-electron chi connectivity index (χ4n) is 9.46. The molecule has 0 spiro atoms. The van der Waals surface area contributed by atoms with Crippen molar-refractivity contribution in [3.05, 3.63) is 210 Å². The first-order chi connectivity index (χ1) is 27.2. The Kier molecular flexibility index (Phi) is 7.09. The quantitative estimate of drug-likeness (QED) is 0.170. The van der Waals surface area contributed by atoms with Crippen molar-refractivity contribution in [2.75, 3.05) is 9.80 Å². The van der Waals surface area contributed by atoms with Crippen LogP contribution in [0, 0.1) is 0 Å². The van der Waals surface area contributed by atoms with Gasteiger partial charge in [0.1, 0.15) is 0 Å². The van der Waals surface area contributed by atoms with Crippen LogP contribution in [0.25, 0.3) is 56.2 Å². The van der Waals surface area contributed by atoms with Gasteiger partial charge in [-0.05, 0) is 141 Å². The van der Waals surface area contributed by atoms with Gasteiger partial charge >= 0.3 is 0 Å². The van der Waals surface area contributed by atoms with Gasteiger partial charge in [-0.1, -0.05) is 133 Å². The minimum atomic E-state index is -0.252. The third-order valence-corrected chi connectivity index (χ3v) is 11.9. The van der Waals surface area contributed by atoms with Crippen molar-refractivity contribution in [1.82, 2.24) is 0 Å². The lowest BCUT2D eigenvalue weighted by Gasteiger charge is -2.39. The summed E-state index contributed by atoms with van der Waals surface area (Å²) in [6, 6.07) is 70.9. The fourth-order valence-corrected chi connectivity index (χ4v) is 9.46. The number of hydrogen-bond donors (Lipinski definition) is 0. The number of fused-ring (bicyclic) bond motifs is 3. The highest BCUT2D eigenvalue weighted by molar-refractivity contribution is 6.07. The number of anilines is 5. The summed E-state index contributed by atoms with van der Waals surface area (Å²) in [5.74, 6) is 0. The molecule has 8 aromatic rings. The molecule has 2 aliphatic carbocycles. The molecule has 2 nitrogen and oxygen atoms in total. The molecule has 0 bridgehead atoms. The van der Waals surface area contributed by atoms with Crippen LogP contribution >= 0.6 is 0 Å². The van der Waals surface area contributed by atoms with E-state index in [1.807, 2.05) is 0 Å². The van der Waals surface area contributed by atoms with Gasteiger partial charge in [-0.3, -0.25) is 0 Å². The summed E-state index contributed by atoms with van der Waals surface area (Å²) >= 11 is 0. The molecule has 1 unspecified atom stereocenters. The Morgan fingerprint density at radius 2 is 0.982 bits per heavy atom. The van der Waals surface area contributed by atoms with Crippen molar-refractivity contribution in [2.24, 2.45) is 0 Å². The maximum Gasteiger partial charge on any atom is 0.0722 e. The van der Waals surface area contributed by atoms with Crippen LogP contribution in [0.4, 0.5) is 28.4 Å². The van der Waals surface area contributed by atoms with Crippen LogP contribution in [-0.2, 0) is 0 Å². The highest BCUT2D eigenvalue weighted by atomic mass is 15.2. The van der Waals surface area contributed by atoms with Crippen LogP contribution in [0.5, 0.6) is 0 Å². The molecule has 0 aromatic heterocycles. The predicted octanol–water partition coefficient (Wildman–Crippen LogP) is 12.4. The maximum absolute atomic E-state index is 2.62. The second-order valence-electron chi connectivity index (χ2n) is 15.1. The highest BCUT2D eigenvalue weighted by Gasteiger charge is 2.48. The van der Waals surface area contributed by atoms with Gasteiger partial charge in [0.05, 0.1) is 11.2 Å². The minimum absolute atomic E-state index is 0.252. The number of nitrogens with zero attached hydrogens (tertiary/aromatic N) is 2. The molecule has 55 heavy (non-hydrogen) atoms. The molecule has 11 rings (SSSR count). The molecule has 1 heterocycles. The van der Waals surface area contributed by atoms with Crippen LogP contribution in [0.1, 0.15) is 18.9 Å². The van der Waals surface area contributed by atoms with Gasteiger partial charge in [0.15, 0.2) is 0 Å². The minimum Gasteiger partial charge on any atom is -0.331 e. The van der Waals surface area contributed by atoms with E-state index in [0.29, 0.717) is 0 Å². The molecule has 0 N–H and O–H groups in total. The first kappa shape index (κ1) is 31.6. The molecule has 3 aliphatic rings. The summed E-state index contributed by atoms with van der Waals surface area (Å²) in [4.78, 5) is 4.93. The summed E-state index contributed by atoms with van der Waals surface area (Å²) < 4.78 is 0. The normalized spacial score (nSPS) is 15.8. The molecular formula is C53H38N2. The highest BCUT2D eigenvalue weighted by Crippen LogP contribution is 2.57. The van der Waals surface area contributed by atoms with Gasteiger partial charge in [-0.2, -0.15) is 0 Å². The molecule has 2 heteroatoms. The molecule has 0 amide bonds. The Balaban J connectivity index is 1.02. The smallest absolute Gasteiger partial charge is 0.0722 e. The maximum atomic E-state index is 2.62. The van der Waals surface area contributed by atoms with Crippen molar-refractivity contribution in [2.45, 2.75) is 18.9 Å². The Hall–Kier alpha value is -6.90. The Morgan fingerprint density at radius 1 is 0.455 bits per heavy atom. The number of hydrogen-bond acceptors (Lipinski definition) is 2. The third kappa shape index (κ3) is 4.88. The molecule has 0 fully saturated rings. The molecule has 260 valence electrons. The van der Waals surface area contributed by atoms with Gasteiger partial charge in [0, 0.05) is 28.3 Å². The second kappa shape index (κ2) is 12.3. The summed E-state index contributed by atoms with van der Waals surface area (Å²) in [7, 11) is 0. The van der Waals surface area contributed by atoms with Crippen LogP contribution in [0.15, 0.2) is 194 Å². The van der Waals surface area contributed by atoms with Crippen LogP contribution in [0.2, 0.25) is 0 Å². The Labute approximate surface area is 322 Å². The second-order valence-corrected chi connectivity index (χ2v) is 15.1. The van der Waals surface area contributed by atoms with Gasteiger partial charge < -0.3 is 9.80 Å². The van der Waals surface area contributed by atoms with E-state index in [1.165, 1.54) is 77.5 Å². The van der Waals surface area contributed by atoms with Gasteiger partial charge in [-0.15, -0.1) is 0 Å². The largest absolute Gasteiger partial charge is 0.331 e. The molecular weight excluding hydrogens is 665 g/mol. The lowest BCUT2D eigenvalue weighted by Crippen LogP contribution is -2.48. The number of para-hydroxylation sites is 2.